The average Bonchev–Trinajstić information content (AvgIpc) is 2.60. The Kier molecular flexibility index (Phi) is 3.97. The fourth-order valence-electron chi connectivity index (χ4n) is 1.95. The molecule has 1 aromatic rings. The Bertz CT molecular complexity index is 469. The van der Waals surface area contributed by atoms with Crippen molar-refractivity contribution in [2.75, 3.05) is 13.2 Å². The van der Waals surface area contributed by atoms with Crippen molar-refractivity contribution >= 4 is 6.29 Å². The number of alkyl halides is 3. The van der Waals surface area contributed by atoms with Gasteiger partial charge in [0.2, 0.25) is 0 Å². The van der Waals surface area contributed by atoms with Crippen LogP contribution in [0.25, 0.3) is 0 Å². The van der Waals surface area contributed by atoms with E-state index < -0.39 is 11.7 Å². The molecule has 0 saturated carbocycles. The highest BCUT2D eigenvalue weighted by atomic mass is 19.4. The number of benzene rings is 1. The molecule has 0 aromatic heterocycles. The Balaban J connectivity index is 2.47. The minimum atomic E-state index is -4.49. The molecule has 0 N–H and O–H groups in total. The highest BCUT2D eigenvalue weighted by molar-refractivity contribution is 5.56. The maximum atomic E-state index is 12.9. The summed E-state index contributed by atoms with van der Waals surface area (Å²) in [6, 6.07) is 2.33. The second-order valence-corrected chi connectivity index (χ2v) is 4.18. The zero-order chi connectivity index (χ0) is 13.9. The molecule has 1 aliphatic rings. The van der Waals surface area contributed by atoms with Crippen molar-refractivity contribution in [1.82, 2.24) is 0 Å². The van der Waals surface area contributed by atoms with Crippen molar-refractivity contribution in [3.05, 3.63) is 23.3 Å². The summed E-state index contributed by atoms with van der Waals surface area (Å²) in [4.78, 5) is 10.4. The molecule has 6 heteroatoms. The molecule has 0 aliphatic carbocycles. The molecule has 104 valence electrons. The lowest BCUT2D eigenvalue weighted by atomic mass is 10.0. The number of aryl methyl sites for hydroxylation is 1. The lowest BCUT2D eigenvalue weighted by Gasteiger charge is -2.17. The van der Waals surface area contributed by atoms with Gasteiger partial charge < -0.3 is 14.3 Å². The molecule has 0 radical (unpaired) electrons. The summed E-state index contributed by atoms with van der Waals surface area (Å²) in [5.41, 5.74) is -0.267. The van der Waals surface area contributed by atoms with Gasteiger partial charge in [0, 0.05) is 12.8 Å². The maximum absolute atomic E-state index is 12.9. The Hall–Kier alpha value is -1.72. The minimum absolute atomic E-state index is 0.120. The summed E-state index contributed by atoms with van der Waals surface area (Å²) in [7, 11) is 0. The lowest BCUT2D eigenvalue weighted by Crippen LogP contribution is -2.10. The normalized spacial score (nSPS) is 14.9. The third-order valence-corrected chi connectivity index (χ3v) is 2.81. The first-order chi connectivity index (χ1) is 9.04. The van der Waals surface area contributed by atoms with Crippen LogP contribution in [-0.2, 0) is 17.4 Å². The number of rotatable bonds is 3. The Labute approximate surface area is 108 Å². The van der Waals surface area contributed by atoms with Gasteiger partial charge in [-0.3, -0.25) is 0 Å². The Morgan fingerprint density at radius 3 is 2.47 bits per heavy atom. The topological polar surface area (TPSA) is 35.5 Å². The fourth-order valence-corrected chi connectivity index (χ4v) is 1.95. The van der Waals surface area contributed by atoms with Crippen LogP contribution in [0.3, 0.4) is 0 Å². The van der Waals surface area contributed by atoms with E-state index in [4.69, 9.17) is 9.47 Å². The van der Waals surface area contributed by atoms with E-state index >= 15 is 0 Å². The molecule has 0 spiro atoms. The first-order valence-corrected chi connectivity index (χ1v) is 5.96. The van der Waals surface area contributed by atoms with Crippen molar-refractivity contribution in [3.63, 3.8) is 0 Å². The second-order valence-electron chi connectivity index (χ2n) is 4.18. The molecule has 0 saturated heterocycles. The van der Waals surface area contributed by atoms with Crippen LogP contribution in [0.4, 0.5) is 13.2 Å². The van der Waals surface area contributed by atoms with Crippen LogP contribution in [-0.4, -0.2) is 19.5 Å². The molecule has 2 rings (SSSR count). The van der Waals surface area contributed by atoms with Crippen molar-refractivity contribution in [3.8, 4) is 11.5 Å². The van der Waals surface area contributed by atoms with Gasteiger partial charge in [0.25, 0.3) is 0 Å². The number of aldehydes is 1. The summed E-state index contributed by atoms with van der Waals surface area (Å²) in [5, 5.41) is 0. The summed E-state index contributed by atoms with van der Waals surface area (Å²) < 4.78 is 49.3. The SMILES string of the molecule is O=CCCc1ccc(C(F)(F)F)c2c1OCCCO2. The number of halogens is 3. The van der Waals surface area contributed by atoms with Crippen molar-refractivity contribution < 1.29 is 27.4 Å². The zero-order valence-corrected chi connectivity index (χ0v) is 10.1. The highest BCUT2D eigenvalue weighted by Gasteiger charge is 2.37. The predicted octanol–water partition coefficient (Wildman–Crippen LogP) is 3.00. The van der Waals surface area contributed by atoms with E-state index in [0.717, 1.165) is 12.4 Å². The molecule has 0 unspecified atom stereocenters. The van der Waals surface area contributed by atoms with E-state index in [-0.39, 0.29) is 24.5 Å². The maximum Gasteiger partial charge on any atom is 0.420 e. The smallest absolute Gasteiger partial charge is 0.420 e. The first-order valence-electron chi connectivity index (χ1n) is 5.96. The second kappa shape index (κ2) is 5.50. The molecular formula is C13H13F3O3. The number of carbonyl (C=O) groups is 1. The molecule has 1 aromatic carbocycles. The number of fused-ring (bicyclic) bond motifs is 1. The van der Waals surface area contributed by atoms with Crippen molar-refractivity contribution in [2.24, 2.45) is 0 Å². The van der Waals surface area contributed by atoms with E-state index in [1.54, 1.807) is 0 Å². The predicted molar refractivity (Wildman–Crippen MR) is 61.4 cm³/mol. The van der Waals surface area contributed by atoms with Crippen LogP contribution in [0.5, 0.6) is 11.5 Å². The number of hydrogen-bond acceptors (Lipinski definition) is 3. The largest absolute Gasteiger partial charge is 0.489 e. The monoisotopic (exact) mass is 274 g/mol. The molecule has 0 atom stereocenters. The van der Waals surface area contributed by atoms with Crippen LogP contribution < -0.4 is 9.47 Å². The molecule has 1 aliphatic heterocycles. The van der Waals surface area contributed by atoms with E-state index in [2.05, 4.69) is 0 Å². The molecule has 1 heterocycles. The first kappa shape index (κ1) is 13.7. The van der Waals surface area contributed by atoms with Gasteiger partial charge in [-0.15, -0.1) is 0 Å². The van der Waals surface area contributed by atoms with Gasteiger partial charge in [0.1, 0.15) is 11.8 Å². The van der Waals surface area contributed by atoms with Crippen LogP contribution in [0.15, 0.2) is 12.1 Å². The summed E-state index contributed by atoms with van der Waals surface area (Å²) in [6.45, 7) is 0.496. The van der Waals surface area contributed by atoms with Gasteiger partial charge in [0.05, 0.1) is 13.2 Å². The highest BCUT2D eigenvalue weighted by Crippen LogP contribution is 2.44. The Morgan fingerprint density at radius 1 is 1.16 bits per heavy atom. The number of carbonyl (C=O) groups excluding carboxylic acids is 1. The molecule has 19 heavy (non-hydrogen) atoms. The van der Waals surface area contributed by atoms with Gasteiger partial charge in [-0.1, -0.05) is 6.07 Å². The minimum Gasteiger partial charge on any atom is -0.489 e. The summed E-state index contributed by atoms with van der Waals surface area (Å²) in [5.74, 6) is -0.137. The lowest BCUT2D eigenvalue weighted by molar-refractivity contribution is -0.139. The summed E-state index contributed by atoms with van der Waals surface area (Å²) in [6.07, 6.45) is -2.66. The summed E-state index contributed by atoms with van der Waals surface area (Å²) >= 11 is 0. The molecule has 0 bridgehead atoms. The van der Waals surface area contributed by atoms with Gasteiger partial charge in [-0.05, 0) is 18.1 Å². The molecular weight excluding hydrogens is 261 g/mol. The zero-order valence-electron chi connectivity index (χ0n) is 10.1. The van der Waals surface area contributed by atoms with Gasteiger partial charge in [-0.2, -0.15) is 13.2 Å². The quantitative estimate of drug-likeness (QED) is 0.795. The standard InChI is InChI=1S/C13H13F3O3/c14-13(15,16)10-5-4-9(3-1-6-17)11-12(10)19-8-2-7-18-11/h4-6H,1-3,7-8H2. The van der Waals surface area contributed by atoms with E-state index in [1.165, 1.54) is 6.07 Å². The van der Waals surface area contributed by atoms with Crippen LogP contribution in [0, 0.1) is 0 Å². The van der Waals surface area contributed by atoms with Gasteiger partial charge in [-0.25, -0.2) is 0 Å². The number of ether oxygens (including phenoxy) is 2. The fraction of sp³-hybridized carbons (Fsp3) is 0.462. The van der Waals surface area contributed by atoms with E-state index in [1.807, 2.05) is 0 Å². The Morgan fingerprint density at radius 2 is 1.84 bits per heavy atom. The third kappa shape index (κ3) is 3.00. The molecule has 3 nitrogen and oxygen atoms in total. The van der Waals surface area contributed by atoms with Gasteiger partial charge in [0.15, 0.2) is 11.5 Å². The van der Waals surface area contributed by atoms with Crippen LogP contribution in [0.1, 0.15) is 24.0 Å². The van der Waals surface area contributed by atoms with Crippen LogP contribution in [0.2, 0.25) is 0 Å². The number of hydrogen-bond donors (Lipinski definition) is 0. The van der Waals surface area contributed by atoms with E-state index in [9.17, 15) is 18.0 Å². The van der Waals surface area contributed by atoms with Gasteiger partial charge >= 0.3 is 6.18 Å². The molecule has 0 fully saturated rings. The van der Waals surface area contributed by atoms with Crippen molar-refractivity contribution in [1.29, 1.82) is 0 Å². The van der Waals surface area contributed by atoms with E-state index in [0.29, 0.717) is 25.0 Å². The van der Waals surface area contributed by atoms with Crippen molar-refractivity contribution in [2.45, 2.75) is 25.4 Å². The third-order valence-electron chi connectivity index (χ3n) is 2.81. The van der Waals surface area contributed by atoms with Crippen LogP contribution >= 0.6 is 0 Å². The molecule has 0 amide bonds. The average molecular weight is 274 g/mol.